The second kappa shape index (κ2) is 8.90. The molecule has 0 saturated heterocycles. The lowest BCUT2D eigenvalue weighted by Crippen LogP contribution is -2.36. The van der Waals surface area contributed by atoms with E-state index in [0.717, 1.165) is 23.3 Å². The first-order chi connectivity index (χ1) is 13.6. The zero-order valence-corrected chi connectivity index (χ0v) is 14.9. The summed E-state index contributed by atoms with van der Waals surface area (Å²) in [6.07, 6.45) is 0. The normalized spacial score (nSPS) is 10.5. The van der Waals surface area contributed by atoms with E-state index in [0.29, 0.717) is 0 Å². The molecule has 0 fully saturated rings. The summed E-state index contributed by atoms with van der Waals surface area (Å²) in [7, 11) is 0. The van der Waals surface area contributed by atoms with E-state index in [-0.39, 0.29) is 5.91 Å². The smallest absolute Gasteiger partial charge is 0.243 e. The number of hydrogen-bond donors (Lipinski definition) is 2. The largest absolute Gasteiger partial charge is 0.346 e. The summed E-state index contributed by atoms with van der Waals surface area (Å²) >= 11 is 0. The van der Waals surface area contributed by atoms with Crippen LogP contribution in [0.3, 0.4) is 0 Å². The second-order valence-electron chi connectivity index (χ2n) is 6.12. The Morgan fingerprint density at radius 2 is 1.25 bits per heavy atom. The van der Waals surface area contributed by atoms with Gasteiger partial charge in [0, 0.05) is 0 Å². The number of carbonyl (C=O) groups excluding carboxylic acids is 2. The predicted octanol–water partition coefficient (Wildman–Crippen LogP) is 3.85. The van der Waals surface area contributed by atoms with Crippen LogP contribution in [-0.2, 0) is 9.59 Å². The molecule has 0 radical (unpaired) electrons. The van der Waals surface area contributed by atoms with Crippen molar-refractivity contribution in [3.05, 3.63) is 102 Å². The highest BCUT2D eigenvalue weighted by Gasteiger charge is 2.23. The van der Waals surface area contributed by atoms with Gasteiger partial charge in [0.2, 0.25) is 11.8 Å². The number of carbonyl (C=O) groups is 2. The minimum Gasteiger partial charge on any atom is -0.346 e. The van der Waals surface area contributed by atoms with Gasteiger partial charge in [-0.15, -0.1) is 0 Å². The molecule has 28 heavy (non-hydrogen) atoms. The summed E-state index contributed by atoms with van der Waals surface area (Å²) in [5, 5.41) is 4.69. The van der Waals surface area contributed by atoms with Crippen LogP contribution in [-0.4, -0.2) is 18.4 Å². The molecule has 0 saturated carbocycles. The van der Waals surface area contributed by atoms with Crippen LogP contribution in [0, 0.1) is 11.6 Å². The van der Waals surface area contributed by atoms with E-state index >= 15 is 0 Å². The zero-order chi connectivity index (χ0) is 19.9. The van der Waals surface area contributed by atoms with E-state index in [1.54, 1.807) is 0 Å². The second-order valence-corrected chi connectivity index (χ2v) is 6.12. The van der Waals surface area contributed by atoms with Crippen LogP contribution in [0.25, 0.3) is 0 Å². The zero-order valence-electron chi connectivity index (χ0n) is 14.9. The molecule has 3 rings (SSSR count). The molecule has 6 heteroatoms. The van der Waals surface area contributed by atoms with Gasteiger partial charge in [0.15, 0.2) is 0 Å². The number of para-hydroxylation sites is 1. The van der Waals surface area contributed by atoms with Gasteiger partial charge in [-0.3, -0.25) is 9.59 Å². The Labute approximate surface area is 161 Å². The number of rotatable bonds is 6. The third kappa shape index (κ3) is 4.59. The third-order valence-corrected chi connectivity index (χ3v) is 4.18. The Morgan fingerprint density at radius 1 is 0.750 bits per heavy atom. The van der Waals surface area contributed by atoms with Gasteiger partial charge in [0.1, 0.15) is 17.3 Å². The van der Waals surface area contributed by atoms with Crippen molar-refractivity contribution >= 4 is 17.5 Å². The SMILES string of the molecule is O=C(CNC(=O)C(c1ccccc1)c1ccccc1)Nc1c(F)cccc1F. The highest BCUT2D eigenvalue weighted by Crippen LogP contribution is 2.24. The Bertz CT molecular complexity index is 903. The summed E-state index contributed by atoms with van der Waals surface area (Å²) in [6, 6.07) is 21.6. The average molecular weight is 380 g/mol. The number of amides is 2. The Balaban J connectivity index is 1.71. The number of anilines is 1. The highest BCUT2D eigenvalue weighted by atomic mass is 19.1. The molecule has 3 aromatic carbocycles. The fraction of sp³-hybridized carbons (Fsp3) is 0.0909. The van der Waals surface area contributed by atoms with E-state index in [4.69, 9.17) is 0 Å². The van der Waals surface area contributed by atoms with Gasteiger partial charge >= 0.3 is 0 Å². The van der Waals surface area contributed by atoms with Gasteiger partial charge in [0.25, 0.3) is 0 Å². The standard InChI is InChI=1S/C22H18F2N2O2/c23-17-12-7-13-18(24)21(17)26-19(27)14-25-22(28)20(15-8-3-1-4-9-15)16-10-5-2-6-11-16/h1-13,20H,14H2,(H,25,28)(H,26,27). The van der Waals surface area contributed by atoms with Crippen molar-refractivity contribution in [1.29, 1.82) is 0 Å². The topological polar surface area (TPSA) is 58.2 Å². The minimum absolute atomic E-state index is 0.387. The first kappa shape index (κ1) is 19.2. The maximum absolute atomic E-state index is 13.6. The summed E-state index contributed by atoms with van der Waals surface area (Å²) in [5.41, 5.74) is 1.00. The van der Waals surface area contributed by atoms with Crippen molar-refractivity contribution in [2.45, 2.75) is 5.92 Å². The van der Waals surface area contributed by atoms with Gasteiger partial charge in [0.05, 0.1) is 12.5 Å². The maximum Gasteiger partial charge on any atom is 0.243 e. The molecule has 0 spiro atoms. The highest BCUT2D eigenvalue weighted by molar-refractivity contribution is 5.96. The van der Waals surface area contributed by atoms with Crippen LogP contribution in [0.2, 0.25) is 0 Å². The molecule has 0 bridgehead atoms. The fourth-order valence-electron chi connectivity index (χ4n) is 2.86. The van der Waals surface area contributed by atoms with Gasteiger partial charge in [-0.25, -0.2) is 8.78 Å². The Morgan fingerprint density at radius 3 is 1.75 bits per heavy atom. The van der Waals surface area contributed by atoms with Crippen molar-refractivity contribution in [2.75, 3.05) is 11.9 Å². The first-order valence-corrected chi connectivity index (χ1v) is 8.67. The van der Waals surface area contributed by atoms with Gasteiger partial charge in [-0.05, 0) is 23.3 Å². The van der Waals surface area contributed by atoms with Gasteiger partial charge in [-0.1, -0.05) is 66.7 Å². The minimum atomic E-state index is -0.883. The molecule has 2 N–H and O–H groups in total. The van der Waals surface area contributed by atoms with Crippen LogP contribution < -0.4 is 10.6 Å². The van der Waals surface area contributed by atoms with Crippen molar-refractivity contribution in [2.24, 2.45) is 0 Å². The van der Waals surface area contributed by atoms with Crippen LogP contribution in [0.5, 0.6) is 0 Å². The Hall–Kier alpha value is -3.54. The lowest BCUT2D eigenvalue weighted by Gasteiger charge is -2.18. The third-order valence-electron chi connectivity index (χ3n) is 4.18. The lowest BCUT2D eigenvalue weighted by atomic mass is 9.90. The molecule has 2 amide bonds. The van der Waals surface area contributed by atoms with E-state index in [1.165, 1.54) is 6.07 Å². The van der Waals surface area contributed by atoms with Crippen LogP contribution in [0.1, 0.15) is 17.0 Å². The van der Waals surface area contributed by atoms with E-state index in [1.807, 2.05) is 60.7 Å². The molecule has 142 valence electrons. The van der Waals surface area contributed by atoms with Gasteiger partial charge in [-0.2, -0.15) is 0 Å². The quantitative estimate of drug-likeness (QED) is 0.682. The van der Waals surface area contributed by atoms with Crippen molar-refractivity contribution in [3.8, 4) is 0 Å². The van der Waals surface area contributed by atoms with Crippen molar-refractivity contribution in [1.82, 2.24) is 5.32 Å². The lowest BCUT2D eigenvalue weighted by molar-refractivity contribution is -0.124. The fourth-order valence-corrected chi connectivity index (χ4v) is 2.86. The average Bonchev–Trinajstić information content (AvgIpc) is 2.71. The van der Waals surface area contributed by atoms with E-state index in [9.17, 15) is 18.4 Å². The molecule has 0 aliphatic carbocycles. The van der Waals surface area contributed by atoms with Gasteiger partial charge < -0.3 is 10.6 Å². The molecule has 0 aliphatic heterocycles. The summed E-state index contributed by atoms with van der Waals surface area (Å²) < 4.78 is 27.3. The maximum atomic E-state index is 13.6. The predicted molar refractivity (Wildman–Crippen MR) is 103 cm³/mol. The van der Waals surface area contributed by atoms with Crippen molar-refractivity contribution < 1.29 is 18.4 Å². The summed E-state index contributed by atoms with van der Waals surface area (Å²) in [6.45, 7) is -0.414. The Kier molecular flexibility index (Phi) is 6.11. The first-order valence-electron chi connectivity index (χ1n) is 8.67. The molecular formula is C22H18F2N2O2. The number of halogens is 2. The van der Waals surface area contributed by atoms with Crippen LogP contribution in [0.4, 0.5) is 14.5 Å². The van der Waals surface area contributed by atoms with Crippen molar-refractivity contribution in [3.63, 3.8) is 0 Å². The number of nitrogens with one attached hydrogen (secondary N) is 2. The molecule has 0 atom stereocenters. The molecular weight excluding hydrogens is 362 g/mol. The molecule has 0 heterocycles. The molecule has 3 aromatic rings. The molecule has 0 aromatic heterocycles. The van der Waals surface area contributed by atoms with E-state index in [2.05, 4.69) is 10.6 Å². The number of hydrogen-bond acceptors (Lipinski definition) is 2. The molecule has 0 aliphatic rings. The molecule has 0 unspecified atom stereocenters. The summed E-state index contributed by atoms with van der Waals surface area (Å²) in [4.78, 5) is 24.9. The van der Waals surface area contributed by atoms with E-state index < -0.39 is 35.7 Å². The molecule has 4 nitrogen and oxygen atoms in total. The monoisotopic (exact) mass is 380 g/mol. The van der Waals surface area contributed by atoms with Crippen LogP contribution in [0.15, 0.2) is 78.9 Å². The number of benzene rings is 3. The summed E-state index contributed by atoms with van der Waals surface area (Å²) in [5.74, 6) is -3.49. The van der Waals surface area contributed by atoms with Crippen LogP contribution >= 0.6 is 0 Å².